The van der Waals surface area contributed by atoms with Crippen LogP contribution in [0.5, 0.6) is 0 Å². The second-order valence-electron chi connectivity index (χ2n) is 6.58. The number of carbonyl (C=O) groups excluding carboxylic acids is 1. The Morgan fingerprint density at radius 2 is 1.97 bits per heavy atom. The fourth-order valence-electron chi connectivity index (χ4n) is 3.03. The molecule has 1 fully saturated rings. The van der Waals surface area contributed by atoms with Gasteiger partial charge in [-0.1, -0.05) is 23.2 Å². The first kappa shape index (κ1) is 23.1. The summed E-state index contributed by atoms with van der Waals surface area (Å²) in [5.74, 6) is 0.120. The molecule has 1 aliphatic heterocycles. The summed E-state index contributed by atoms with van der Waals surface area (Å²) < 4.78 is 43.1. The first-order valence-corrected chi connectivity index (χ1v) is 11.4. The van der Waals surface area contributed by atoms with Crippen LogP contribution < -0.4 is 0 Å². The summed E-state index contributed by atoms with van der Waals surface area (Å²) in [6.45, 7) is 1.75. The predicted molar refractivity (Wildman–Crippen MR) is 111 cm³/mol. The van der Waals surface area contributed by atoms with Crippen molar-refractivity contribution in [3.63, 3.8) is 0 Å². The van der Waals surface area contributed by atoms with Gasteiger partial charge in [0.05, 0.1) is 48.2 Å². The maximum atomic E-state index is 13.2. The van der Waals surface area contributed by atoms with Crippen molar-refractivity contribution in [3.8, 4) is 0 Å². The van der Waals surface area contributed by atoms with E-state index in [1.54, 1.807) is 12.1 Å². The molecule has 0 saturated carbocycles. The Labute approximate surface area is 185 Å². The maximum absolute atomic E-state index is 13.2. The maximum Gasteiger partial charge on any atom is 0.255 e. The first-order chi connectivity index (χ1) is 14.3. The summed E-state index contributed by atoms with van der Waals surface area (Å²) >= 11 is 12.5. The Kier molecular flexibility index (Phi) is 7.78. The number of amides is 1. The van der Waals surface area contributed by atoms with Gasteiger partial charge >= 0.3 is 0 Å². The molecule has 2 aromatic rings. The highest BCUT2D eigenvalue weighted by Gasteiger charge is 2.31. The van der Waals surface area contributed by atoms with Crippen LogP contribution in [0.2, 0.25) is 10.0 Å². The monoisotopic (exact) mass is 476 g/mol. The highest BCUT2D eigenvalue weighted by molar-refractivity contribution is 7.89. The van der Waals surface area contributed by atoms with Crippen molar-refractivity contribution in [2.24, 2.45) is 0 Å². The summed E-state index contributed by atoms with van der Waals surface area (Å²) in [7, 11) is -2.38. The zero-order valence-electron chi connectivity index (χ0n) is 16.3. The molecule has 30 heavy (non-hydrogen) atoms. The number of halogens is 2. The lowest BCUT2D eigenvalue weighted by Crippen LogP contribution is -2.40. The molecule has 11 heteroatoms. The van der Waals surface area contributed by atoms with E-state index in [1.165, 1.54) is 34.7 Å². The van der Waals surface area contributed by atoms with Gasteiger partial charge in [-0.3, -0.25) is 4.79 Å². The van der Waals surface area contributed by atoms with E-state index in [9.17, 15) is 13.2 Å². The molecule has 1 amide bonds. The van der Waals surface area contributed by atoms with Crippen LogP contribution in [0.1, 0.15) is 16.1 Å². The summed E-state index contributed by atoms with van der Waals surface area (Å²) in [5, 5.41) is 0.0188. The van der Waals surface area contributed by atoms with Gasteiger partial charge in [0.1, 0.15) is 10.7 Å². The molecule has 0 bridgehead atoms. The van der Waals surface area contributed by atoms with Gasteiger partial charge in [0, 0.05) is 26.7 Å². The number of furan rings is 1. The molecule has 0 spiro atoms. The fourth-order valence-corrected chi connectivity index (χ4v) is 5.27. The number of hydrogen-bond donors (Lipinski definition) is 0. The Hall–Kier alpha value is -1.62. The Morgan fingerprint density at radius 3 is 2.60 bits per heavy atom. The zero-order valence-corrected chi connectivity index (χ0v) is 18.7. The van der Waals surface area contributed by atoms with E-state index in [1.807, 2.05) is 0 Å². The molecule has 0 atom stereocenters. The van der Waals surface area contributed by atoms with Crippen LogP contribution >= 0.6 is 23.2 Å². The van der Waals surface area contributed by atoms with Crippen molar-refractivity contribution in [2.75, 3.05) is 46.6 Å². The molecular weight excluding hydrogens is 455 g/mol. The topological polar surface area (TPSA) is 89.3 Å². The van der Waals surface area contributed by atoms with Crippen molar-refractivity contribution in [1.29, 1.82) is 0 Å². The second-order valence-corrected chi connectivity index (χ2v) is 9.30. The van der Waals surface area contributed by atoms with Crippen molar-refractivity contribution in [1.82, 2.24) is 9.21 Å². The van der Waals surface area contributed by atoms with Crippen molar-refractivity contribution in [2.45, 2.75) is 11.4 Å². The summed E-state index contributed by atoms with van der Waals surface area (Å²) in [4.78, 5) is 14.5. The minimum absolute atomic E-state index is 0.0376. The Balaban J connectivity index is 1.95. The van der Waals surface area contributed by atoms with Gasteiger partial charge < -0.3 is 18.8 Å². The third-order valence-electron chi connectivity index (χ3n) is 4.62. The molecule has 164 valence electrons. The van der Waals surface area contributed by atoms with E-state index in [0.717, 1.165) is 0 Å². The third-order valence-corrected chi connectivity index (χ3v) is 7.30. The van der Waals surface area contributed by atoms with Gasteiger partial charge in [-0.15, -0.1) is 0 Å². The van der Waals surface area contributed by atoms with Gasteiger partial charge in [0.15, 0.2) is 0 Å². The molecular formula is C19H22Cl2N2O6S. The third kappa shape index (κ3) is 5.16. The number of sulfonamides is 1. The molecule has 1 aliphatic rings. The van der Waals surface area contributed by atoms with Gasteiger partial charge in [0.2, 0.25) is 10.0 Å². The van der Waals surface area contributed by atoms with Crippen LogP contribution in [0.4, 0.5) is 0 Å². The minimum Gasteiger partial charge on any atom is -0.467 e. The lowest BCUT2D eigenvalue weighted by Gasteiger charge is -2.27. The average Bonchev–Trinajstić information content (AvgIpc) is 3.24. The van der Waals surface area contributed by atoms with Crippen LogP contribution in [0.3, 0.4) is 0 Å². The smallest absolute Gasteiger partial charge is 0.255 e. The van der Waals surface area contributed by atoms with Gasteiger partial charge in [-0.2, -0.15) is 4.31 Å². The van der Waals surface area contributed by atoms with Gasteiger partial charge in [0.25, 0.3) is 5.91 Å². The van der Waals surface area contributed by atoms with Crippen LogP contribution in [0.25, 0.3) is 0 Å². The van der Waals surface area contributed by atoms with Crippen molar-refractivity contribution in [3.05, 3.63) is 51.9 Å². The molecule has 0 aliphatic carbocycles. The zero-order chi connectivity index (χ0) is 21.7. The van der Waals surface area contributed by atoms with E-state index in [4.69, 9.17) is 37.1 Å². The first-order valence-electron chi connectivity index (χ1n) is 9.22. The lowest BCUT2D eigenvalue weighted by molar-refractivity contribution is 0.0666. The summed E-state index contributed by atoms with van der Waals surface area (Å²) in [6, 6.07) is 5.98. The molecule has 0 unspecified atom stereocenters. The van der Waals surface area contributed by atoms with E-state index in [0.29, 0.717) is 19.0 Å². The average molecular weight is 477 g/mol. The lowest BCUT2D eigenvalue weighted by atomic mass is 10.2. The minimum atomic E-state index is -3.91. The van der Waals surface area contributed by atoms with Crippen molar-refractivity contribution >= 4 is 39.1 Å². The number of morpholine rings is 1. The fraction of sp³-hybridized carbons (Fsp3) is 0.421. The van der Waals surface area contributed by atoms with Crippen LogP contribution in [-0.2, 0) is 26.0 Å². The van der Waals surface area contributed by atoms with E-state index < -0.39 is 15.9 Å². The van der Waals surface area contributed by atoms with E-state index in [2.05, 4.69) is 0 Å². The molecule has 8 nitrogen and oxygen atoms in total. The number of methoxy groups -OCH3 is 1. The molecule has 3 rings (SSSR count). The molecule has 1 aromatic carbocycles. The number of nitrogens with zero attached hydrogens (tertiary/aromatic N) is 2. The van der Waals surface area contributed by atoms with Crippen molar-refractivity contribution < 1.29 is 27.1 Å². The molecule has 2 heterocycles. The number of ether oxygens (including phenoxy) is 2. The predicted octanol–water partition coefficient (Wildman–Crippen LogP) is 2.90. The highest BCUT2D eigenvalue weighted by Crippen LogP contribution is 2.32. The Bertz CT molecular complexity index is 975. The van der Waals surface area contributed by atoms with E-state index >= 15 is 0 Å². The Morgan fingerprint density at radius 1 is 1.23 bits per heavy atom. The van der Waals surface area contributed by atoms with Gasteiger partial charge in [-0.05, 0) is 24.3 Å². The van der Waals surface area contributed by atoms with Crippen LogP contribution in [-0.4, -0.2) is 70.1 Å². The standard InChI is InChI=1S/C19H22Cl2N2O6S/c1-27-8-4-22(13-14-3-2-7-29-14)19(24)15-11-18(17(21)12-16(15)20)30(25,26)23-5-9-28-10-6-23/h2-3,7,11-12H,4-6,8-10,13H2,1H3. The SMILES string of the molecule is COCCN(Cc1ccco1)C(=O)c1cc(S(=O)(=O)N2CCOCC2)c(Cl)cc1Cl. The molecule has 0 radical (unpaired) electrons. The largest absolute Gasteiger partial charge is 0.467 e. The summed E-state index contributed by atoms with van der Waals surface area (Å²) in [5.41, 5.74) is 0.0376. The summed E-state index contributed by atoms with van der Waals surface area (Å²) in [6.07, 6.45) is 1.51. The number of hydrogen-bond acceptors (Lipinski definition) is 6. The normalized spacial score (nSPS) is 15.3. The second kappa shape index (κ2) is 10.1. The highest BCUT2D eigenvalue weighted by atomic mass is 35.5. The number of carbonyl (C=O) groups is 1. The number of rotatable bonds is 8. The quantitative estimate of drug-likeness (QED) is 0.581. The molecule has 1 aromatic heterocycles. The van der Waals surface area contributed by atoms with E-state index in [-0.39, 0.29) is 53.3 Å². The van der Waals surface area contributed by atoms with Crippen LogP contribution in [0, 0.1) is 0 Å². The van der Waals surface area contributed by atoms with Crippen LogP contribution in [0.15, 0.2) is 39.8 Å². The van der Waals surface area contributed by atoms with Gasteiger partial charge in [-0.25, -0.2) is 8.42 Å². The number of benzene rings is 1. The molecule has 1 saturated heterocycles. The molecule has 0 N–H and O–H groups in total.